The van der Waals surface area contributed by atoms with E-state index in [1.807, 2.05) is 20.8 Å². The third-order valence-electron chi connectivity index (χ3n) is 3.75. The molecule has 1 atom stereocenters. The van der Waals surface area contributed by atoms with Crippen LogP contribution in [0.1, 0.15) is 44.0 Å². The number of methoxy groups -OCH3 is 1. The molecule has 2 rings (SSSR count). The lowest BCUT2D eigenvalue weighted by Crippen LogP contribution is -2.50. The Bertz CT molecular complexity index is 595. The van der Waals surface area contributed by atoms with Gasteiger partial charge in [0.15, 0.2) is 0 Å². The normalized spacial score (nSPS) is 18.0. The van der Waals surface area contributed by atoms with Crippen LogP contribution in [-0.4, -0.2) is 48.7 Å². The fourth-order valence-corrected chi connectivity index (χ4v) is 2.69. The summed E-state index contributed by atoms with van der Waals surface area (Å²) < 4.78 is 10.4. The molecule has 6 heteroatoms. The maximum Gasteiger partial charge on any atom is 0.407 e. The number of amides is 2. The first-order valence-corrected chi connectivity index (χ1v) is 8.21. The molecule has 1 N–H and O–H groups in total. The first-order valence-electron chi connectivity index (χ1n) is 8.21. The third kappa shape index (κ3) is 5.15. The Morgan fingerprint density at radius 3 is 2.71 bits per heavy atom. The number of likely N-dealkylation sites (tertiary alicyclic amines) is 1. The Kier molecular flexibility index (Phi) is 5.70. The number of piperidine rings is 1. The maximum atomic E-state index is 12.7. The highest BCUT2D eigenvalue weighted by atomic mass is 16.6. The van der Waals surface area contributed by atoms with Gasteiger partial charge in [-0.2, -0.15) is 0 Å². The standard InChI is InChI=1S/C18H26N2O4/c1-18(2,3)24-17(22)19-14-8-6-10-20(12-14)16(21)13-7-5-9-15(11-13)23-4/h5,7,9,11,14H,6,8,10,12H2,1-4H3,(H,19,22). The number of nitrogens with zero attached hydrogens (tertiary/aromatic N) is 1. The predicted molar refractivity (Wildman–Crippen MR) is 91.3 cm³/mol. The summed E-state index contributed by atoms with van der Waals surface area (Å²) in [6.07, 6.45) is 1.24. The van der Waals surface area contributed by atoms with Crippen LogP contribution in [-0.2, 0) is 4.74 Å². The second-order valence-electron chi connectivity index (χ2n) is 6.97. The number of ether oxygens (including phenoxy) is 2. The maximum absolute atomic E-state index is 12.7. The van der Waals surface area contributed by atoms with Crippen molar-refractivity contribution in [2.45, 2.75) is 45.3 Å². The summed E-state index contributed by atoms with van der Waals surface area (Å²) in [5.74, 6) is 0.603. The van der Waals surface area contributed by atoms with Crippen LogP contribution in [0.4, 0.5) is 4.79 Å². The van der Waals surface area contributed by atoms with Gasteiger partial charge in [-0.15, -0.1) is 0 Å². The minimum atomic E-state index is -0.533. The molecule has 1 saturated heterocycles. The van der Waals surface area contributed by atoms with E-state index < -0.39 is 11.7 Å². The molecule has 6 nitrogen and oxygen atoms in total. The monoisotopic (exact) mass is 334 g/mol. The first kappa shape index (κ1) is 18.1. The van der Waals surface area contributed by atoms with Gasteiger partial charge in [-0.05, 0) is 51.8 Å². The van der Waals surface area contributed by atoms with E-state index in [9.17, 15) is 9.59 Å². The van der Waals surface area contributed by atoms with Gasteiger partial charge >= 0.3 is 6.09 Å². The highest BCUT2D eigenvalue weighted by Crippen LogP contribution is 2.18. The van der Waals surface area contributed by atoms with E-state index in [2.05, 4.69) is 5.32 Å². The van der Waals surface area contributed by atoms with E-state index in [1.165, 1.54) is 0 Å². The quantitative estimate of drug-likeness (QED) is 0.923. The van der Waals surface area contributed by atoms with Gasteiger partial charge in [0, 0.05) is 24.7 Å². The zero-order valence-corrected chi connectivity index (χ0v) is 14.8. The van der Waals surface area contributed by atoms with Gasteiger partial charge in [0.2, 0.25) is 0 Å². The Labute approximate surface area is 143 Å². The molecule has 1 aromatic rings. The molecule has 0 radical (unpaired) electrons. The molecule has 1 fully saturated rings. The van der Waals surface area contributed by atoms with E-state index >= 15 is 0 Å². The van der Waals surface area contributed by atoms with Crippen LogP contribution < -0.4 is 10.1 Å². The summed E-state index contributed by atoms with van der Waals surface area (Å²) in [7, 11) is 1.57. The molecule has 0 bridgehead atoms. The summed E-state index contributed by atoms with van der Waals surface area (Å²) >= 11 is 0. The zero-order chi connectivity index (χ0) is 17.7. The van der Waals surface area contributed by atoms with Crippen molar-refractivity contribution in [3.63, 3.8) is 0 Å². The summed E-state index contributed by atoms with van der Waals surface area (Å²) in [5.41, 5.74) is 0.0572. The molecule has 0 aromatic heterocycles. The fourth-order valence-electron chi connectivity index (χ4n) is 2.69. The van der Waals surface area contributed by atoms with Crippen molar-refractivity contribution in [3.05, 3.63) is 29.8 Å². The molecule has 1 aromatic carbocycles. The van der Waals surface area contributed by atoms with Crippen LogP contribution in [0.5, 0.6) is 5.75 Å². The number of hydrogen-bond acceptors (Lipinski definition) is 4. The average molecular weight is 334 g/mol. The van der Waals surface area contributed by atoms with Crippen molar-refractivity contribution in [1.29, 1.82) is 0 Å². The SMILES string of the molecule is COc1cccc(C(=O)N2CCCC(NC(=O)OC(C)(C)C)C2)c1. The molecular weight excluding hydrogens is 308 g/mol. The Hall–Kier alpha value is -2.24. The van der Waals surface area contributed by atoms with E-state index in [-0.39, 0.29) is 11.9 Å². The van der Waals surface area contributed by atoms with Crippen LogP contribution in [0, 0.1) is 0 Å². The number of hydrogen-bond donors (Lipinski definition) is 1. The smallest absolute Gasteiger partial charge is 0.407 e. The molecule has 132 valence electrons. The summed E-state index contributed by atoms with van der Waals surface area (Å²) in [6.45, 7) is 6.64. The van der Waals surface area contributed by atoms with Crippen molar-refractivity contribution in [2.24, 2.45) is 0 Å². The molecule has 1 unspecified atom stereocenters. The van der Waals surface area contributed by atoms with E-state index in [0.29, 0.717) is 24.4 Å². The lowest BCUT2D eigenvalue weighted by Gasteiger charge is -2.33. The molecule has 0 saturated carbocycles. The molecule has 2 amide bonds. The summed E-state index contributed by atoms with van der Waals surface area (Å²) in [6, 6.07) is 7.01. The molecule has 24 heavy (non-hydrogen) atoms. The lowest BCUT2D eigenvalue weighted by molar-refractivity contribution is 0.0452. The van der Waals surface area contributed by atoms with Gasteiger partial charge in [-0.25, -0.2) is 4.79 Å². The Balaban J connectivity index is 1.97. The summed E-state index contributed by atoms with van der Waals surface area (Å²) in [4.78, 5) is 26.3. The van der Waals surface area contributed by atoms with Gasteiger partial charge in [-0.3, -0.25) is 4.79 Å². The zero-order valence-electron chi connectivity index (χ0n) is 14.8. The molecular formula is C18H26N2O4. The second kappa shape index (κ2) is 7.55. The summed E-state index contributed by atoms with van der Waals surface area (Å²) in [5, 5.41) is 2.85. The Morgan fingerprint density at radius 2 is 2.04 bits per heavy atom. The highest BCUT2D eigenvalue weighted by molar-refractivity contribution is 5.94. The van der Waals surface area contributed by atoms with Crippen LogP contribution >= 0.6 is 0 Å². The number of carbonyl (C=O) groups excluding carboxylic acids is 2. The van der Waals surface area contributed by atoms with Crippen LogP contribution in [0.25, 0.3) is 0 Å². The van der Waals surface area contributed by atoms with Gasteiger partial charge in [0.25, 0.3) is 5.91 Å². The topological polar surface area (TPSA) is 67.9 Å². The first-order chi connectivity index (χ1) is 11.3. The molecule has 0 spiro atoms. The number of carbonyl (C=O) groups is 2. The highest BCUT2D eigenvalue weighted by Gasteiger charge is 2.27. The van der Waals surface area contributed by atoms with Crippen molar-refractivity contribution in [1.82, 2.24) is 10.2 Å². The van der Waals surface area contributed by atoms with Crippen LogP contribution in [0.2, 0.25) is 0 Å². The van der Waals surface area contributed by atoms with Crippen molar-refractivity contribution < 1.29 is 19.1 Å². The minimum Gasteiger partial charge on any atom is -0.497 e. The largest absolute Gasteiger partial charge is 0.497 e. The van der Waals surface area contributed by atoms with Crippen molar-refractivity contribution in [3.8, 4) is 5.75 Å². The molecule has 0 aliphatic carbocycles. The number of benzene rings is 1. The van der Waals surface area contributed by atoms with Gasteiger partial charge in [0.1, 0.15) is 11.4 Å². The van der Waals surface area contributed by atoms with E-state index in [1.54, 1.807) is 36.3 Å². The molecule has 1 aliphatic rings. The van der Waals surface area contributed by atoms with E-state index in [4.69, 9.17) is 9.47 Å². The lowest BCUT2D eigenvalue weighted by atomic mass is 10.0. The Morgan fingerprint density at radius 1 is 1.29 bits per heavy atom. The fraction of sp³-hybridized carbons (Fsp3) is 0.556. The van der Waals surface area contributed by atoms with Gasteiger partial charge in [0.05, 0.1) is 7.11 Å². The average Bonchev–Trinajstić information content (AvgIpc) is 2.52. The minimum absolute atomic E-state index is 0.0513. The van der Waals surface area contributed by atoms with Crippen LogP contribution in [0.3, 0.4) is 0 Å². The van der Waals surface area contributed by atoms with Gasteiger partial charge in [-0.1, -0.05) is 6.07 Å². The van der Waals surface area contributed by atoms with Gasteiger partial charge < -0.3 is 19.7 Å². The number of nitrogens with one attached hydrogen (secondary N) is 1. The predicted octanol–water partition coefficient (Wildman–Crippen LogP) is 2.82. The van der Waals surface area contributed by atoms with Crippen molar-refractivity contribution >= 4 is 12.0 Å². The van der Waals surface area contributed by atoms with Crippen LogP contribution in [0.15, 0.2) is 24.3 Å². The third-order valence-corrected chi connectivity index (χ3v) is 3.75. The second-order valence-corrected chi connectivity index (χ2v) is 6.97. The van der Waals surface area contributed by atoms with E-state index in [0.717, 1.165) is 12.8 Å². The number of alkyl carbamates (subject to hydrolysis) is 1. The number of rotatable bonds is 3. The molecule has 1 aliphatic heterocycles. The van der Waals surface area contributed by atoms with Crippen molar-refractivity contribution in [2.75, 3.05) is 20.2 Å². The molecule has 1 heterocycles.